The fourth-order valence-electron chi connectivity index (χ4n) is 11.9. The molecule has 8 aliphatic rings. The second kappa shape index (κ2) is 13.7. The smallest absolute Gasteiger partial charge is 0.335 e. The summed E-state index contributed by atoms with van der Waals surface area (Å²) in [6, 6.07) is 0. The van der Waals surface area contributed by atoms with E-state index in [1.807, 2.05) is 13.8 Å². The second-order valence-corrected chi connectivity index (χ2v) is 17.4. The molecular formula is C39H55NO13. The Kier molecular flexibility index (Phi) is 9.67. The number of ether oxygens (including phenoxy) is 5. The Morgan fingerprint density at radius 1 is 1.06 bits per heavy atom. The van der Waals surface area contributed by atoms with Crippen molar-refractivity contribution in [2.75, 3.05) is 40.0 Å². The highest BCUT2D eigenvalue weighted by atomic mass is 16.8. The van der Waals surface area contributed by atoms with Gasteiger partial charge in [0.25, 0.3) is 0 Å². The van der Waals surface area contributed by atoms with Gasteiger partial charge in [0.15, 0.2) is 12.1 Å². The number of hydrogen-bond donors (Lipinski definition) is 6. The van der Waals surface area contributed by atoms with Crippen LogP contribution in [0.2, 0.25) is 0 Å². The SMILES string of the molecule is CC(C)[C@@]1(O)CC[C@]2(CO1)[C@@H]1CCC3=C4[C@H](CC3)[C@H](C(=O)OC[C@H]3O[C@@H](O[C@@H]5OC=C(C(=O)O)[C@H]6CC=C(CO)[C@@H]56)[C@H](O)[C@@H](O)[C@@H]3O)C[C@@]42CN(C)C1. The number of likely N-dealkylation sites (tertiary alicyclic amines) is 1. The molecule has 0 unspecified atom stereocenters. The molecule has 53 heavy (non-hydrogen) atoms. The highest BCUT2D eigenvalue weighted by molar-refractivity contribution is 5.87. The average Bonchev–Trinajstić information content (AvgIpc) is 3.83. The van der Waals surface area contributed by atoms with Gasteiger partial charge >= 0.3 is 11.9 Å². The van der Waals surface area contributed by atoms with Crippen molar-refractivity contribution >= 4 is 11.9 Å². The molecule has 14 nitrogen and oxygen atoms in total. The lowest BCUT2D eigenvalue weighted by molar-refractivity contribution is -0.340. The molecule has 8 rings (SSSR count). The summed E-state index contributed by atoms with van der Waals surface area (Å²) in [5, 5.41) is 63.7. The Bertz CT molecular complexity index is 1570. The van der Waals surface area contributed by atoms with Gasteiger partial charge in [0.05, 0.1) is 36.9 Å². The predicted octanol–water partition coefficient (Wildman–Crippen LogP) is 1.44. The van der Waals surface area contributed by atoms with Gasteiger partial charge in [-0.15, -0.1) is 0 Å². The zero-order valence-corrected chi connectivity index (χ0v) is 30.8. The van der Waals surface area contributed by atoms with Crippen molar-refractivity contribution in [2.24, 2.45) is 46.3 Å². The molecule has 0 aromatic carbocycles. The first-order valence-corrected chi connectivity index (χ1v) is 19.4. The minimum atomic E-state index is -1.71. The third kappa shape index (κ3) is 5.77. The molecular weight excluding hydrogens is 690 g/mol. The first-order chi connectivity index (χ1) is 25.2. The van der Waals surface area contributed by atoms with E-state index in [2.05, 4.69) is 11.9 Å². The van der Waals surface area contributed by atoms with E-state index < -0.39 is 79.1 Å². The summed E-state index contributed by atoms with van der Waals surface area (Å²) in [4.78, 5) is 28.5. The van der Waals surface area contributed by atoms with Crippen molar-refractivity contribution in [1.29, 1.82) is 0 Å². The van der Waals surface area contributed by atoms with Crippen LogP contribution in [0.3, 0.4) is 0 Å². The van der Waals surface area contributed by atoms with Crippen molar-refractivity contribution in [3.63, 3.8) is 0 Å². The Balaban J connectivity index is 0.995. The highest BCUT2D eigenvalue weighted by Crippen LogP contribution is 2.72. The van der Waals surface area contributed by atoms with Crippen LogP contribution in [0.1, 0.15) is 65.2 Å². The number of piperidine rings is 1. The van der Waals surface area contributed by atoms with Crippen LogP contribution >= 0.6 is 0 Å². The molecule has 2 bridgehead atoms. The number of carbonyl (C=O) groups excluding carboxylic acids is 1. The van der Waals surface area contributed by atoms with Gasteiger partial charge in [0.2, 0.25) is 6.29 Å². The Morgan fingerprint density at radius 3 is 2.53 bits per heavy atom. The lowest BCUT2D eigenvalue weighted by Gasteiger charge is -2.62. The van der Waals surface area contributed by atoms with E-state index in [0.717, 1.165) is 51.5 Å². The highest BCUT2D eigenvalue weighted by Gasteiger charge is 2.69. The van der Waals surface area contributed by atoms with Crippen molar-refractivity contribution in [3.05, 3.63) is 34.6 Å². The molecule has 2 spiro atoms. The second-order valence-electron chi connectivity index (χ2n) is 17.4. The maximum Gasteiger partial charge on any atom is 0.335 e. The molecule has 4 heterocycles. The number of aliphatic hydroxyl groups excluding tert-OH is 4. The summed E-state index contributed by atoms with van der Waals surface area (Å²) in [6.07, 6.45) is 0.104. The molecule has 0 amide bonds. The quantitative estimate of drug-likeness (QED) is 0.154. The fraction of sp³-hybridized carbons (Fsp3) is 0.795. The van der Waals surface area contributed by atoms with E-state index in [1.165, 1.54) is 11.1 Å². The number of carboxylic acids is 1. The van der Waals surface area contributed by atoms with Gasteiger partial charge < -0.3 is 59.2 Å². The van der Waals surface area contributed by atoms with Gasteiger partial charge in [0, 0.05) is 42.2 Å². The van der Waals surface area contributed by atoms with E-state index in [9.17, 15) is 40.2 Å². The molecule has 1 saturated carbocycles. The van der Waals surface area contributed by atoms with Gasteiger partial charge in [-0.05, 0) is 69.4 Å². The number of esters is 1. The summed E-state index contributed by atoms with van der Waals surface area (Å²) in [5.41, 5.74) is 2.91. The molecule has 14 atom stereocenters. The Labute approximate surface area is 309 Å². The molecule has 6 N–H and O–H groups in total. The number of rotatable bonds is 8. The first kappa shape index (κ1) is 37.5. The molecule has 4 aliphatic carbocycles. The van der Waals surface area contributed by atoms with E-state index in [1.54, 1.807) is 6.08 Å². The summed E-state index contributed by atoms with van der Waals surface area (Å²) in [5.74, 6) is -4.03. The van der Waals surface area contributed by atoms with Crippen LogP contribution in [0.4, 0.5) is 0 Å². The minimum Gasteiger partial charge on any atom is -0.478 e. The van der Waals surface area contributed by atoms with Crippen molar-refractivity contribution < 1.29 is 63.9 Å². The number of nitrogens with zero attached hydrogens (tertiary/aromatic N) is 1. The van der Waals surface area contributed by atoms with Crippen LogP contribution in [-0.4, -0.2) is 130 Å². The lowest BCUT2D eigenvalue weighted by atomic mass is 9.50. The van der Waals surface area contributed by atoms with Gasteiger partial charge in [-0.3, -0.25) is 4.79 Å². The van der Waals surface area contributed by atoms with Crippen LogP contribution in [0.25, 0.3) is 0 Å². The van der Waals surface area contributed by atoms with Crippen LogP contribution in [-0.2, 0) is 33.3 Å². The van der Waals surface area contributed by atoms with E-state index in [0.29, 0.717) is 37.4 Å². The number of fused-ring (bicyclic) bond motifs is 1. The number of aliphatic carboxylic acids is 1. The molecule has 0 aromatic rings. The van der Waals surface area contributed by atoms with Crippen molar-refractivity contribution in [3.8, 4) is 0 Å². The van der Waals surface area contributed by atoms with Crippen LogP contribution in [0.15, 0.2) is 34.6 Å². The maximum atomic E-state index is 14.2. The maximum absolute atomic E-state index is 14.2. The monoisotopic (exact) mass is 745 g/mol. The topological polar surface area (TPSA) is 205 Å². The summed E-state index contributed by atoms with van der Waals surface area (Å²) in [7, 11) is 2.16. The minimum absolute atomic E-state index is 0.0200. The van der Waals surface area contributed by atoms with Crippen LogP contribution in [0, 0.1) is 46.3 Å². The third-order valence-electron chi connectivity index (χ3n) is 14.7. The van der Waals surface area contributed by atoms with Gasteiger partial charge in [-0.1, -0.05) is 31.1 Å². The summed E-state index contributed by atoms with van der Waals surface area (Å²) < 4.78 is 30.0. The normalized spacial score (nSPS) is 46.4. The lowest BCUT2D eigenvalue weighted by Crippen LogP contribution is -2.64. The van der Waals surface area contributed by atoms with Crippen molar-refractivity contribution in [1.82, 2.24) is 4.90 Å². The molecule has 4 fully saturated rings. The van der Waals surface area contributed by atoms with Crippen LogP contribution < -0.4 is 0 Å². The largest absolute Gasteiger partial charge is 0.478 e. The Morgan fingerprint density at radius 2 is 1.83 bits per heavy atom. The Hall–Kier alpha value is -2.40. The molecule has 4 aliphatic heterocycles. The number of aliphatic hydroxyl groups is 5. The van der Waals surface area contributed by atoms with Gasteiger partial charge in [0.1, 0.15) is 31.0 Å². The molecule has 0 radical (unpaired) electrons. The molecule has 294 valence electrons. The fourth-order valence-corrected chi connectivity index (χ4v) is 11.9. The van der Waals surface area contributed by atoms with E-state index in [4.69, 9.17) is 23.7 Å². The standard InChI is InChI=1S/C39H55NO13/c1-19(2)39(48)11-10-37(18-51-39)22-7-4-20-5-9-24-25(12-38(37,29(20)24)17-40(3)13-22)34(47)49-16-27-30(42)31(43)32(44)36(52-27)53-35-28-21(14-41)6-8-23(28)26(15-50-35)33(45)46/h6,15,19,22-25,27-28,30-32,35-36,41-44,48H,4-5,7-14,16-18H2,1-3H3,(H,45,46)/t22-,23-,24-,25-,27-,28-,30-,31+,32-,35+,36+,37+,38-,39-/m1/s1. The molecule has 3 saturated heterocycles. The molecule has 0 aromatic heterocycles. The summed E-state index contributed by atoms with van der Waals surface area (Å²) >= 11 is 0. The van der Waals surface area contributed by atoms with E-state index >= 15 is 0 Å². The predicted molar refractivity (Wildman–Crippen MR) is 184 cm³/mol. The number of hydrogen-bond acceptors (Lipinski definition) is 13. The van der Waals surface area contributed by atoms with E-state index in [-0.39, 0.29) is 34.8 Å². The van der Waals surface area contributed by atoms with Crippen LogP contribution in [0.5, 0.6) is 0 Å². The zero-order valence-electron chi connectivity index (χ0n) is 30.8. The summed E-state index contributed by atoms with van der Waals surface area (Å²) in [6.45, 7) is 5.43. The van der Waals surface area contributed by atoms with Gasteiger partial charge in [-0.25, -0.2) is 4.79 Å². The number of allylic oxidation sites excluding steroid dienone is 2. The van der Waals surface area contributed by atoms with Crippen molar-refractivity contribution in [2.45, 2.75) is 108 Å². The third-order valence-corrected chi connectivity index (χ3v) is 14.7. The number of carboxylic acid groups (broad SMARTS) is 1. The first-order valence-electron chi connectivity index (χ1n) is 19.4. The molecule has 14 heteroatoms. The average molecular weight is 746 g/mol. The zero-order chi connectivity index (χ0) is 37.6. The van der Waals surface area contributed by atoms with Gasteiger partial charge in [-0.2, -0.15) is 0 Å². The number of carbonyl (C=O) groups is 2.